The summed E-state index contributed by atoms with van der Waals surface area (Å²) >= 11 is 6.58. The number of anilines is 1. The second-order valence-electron chi connectivity index (χ2n) is 7.62. The number of hydrogen-bond acceptors (Lipinski definition) is 10. The van der Waals surface area contributed by atoms with Crippen molar-refractivity contribution in [3.63, 3.8) is 0 Å². The molecule has 4 rings (SSSR count). The highest BCUT2D eigenvalue weighted by Gasteiger charge is 2.33. The number of thiocarbonyl (C=S) groups is 1. The summed E-state index contributed by atoms with van der Waals surface area (Å²) in [6.45, 7) is 2.41. The van der Waals surface area contributed by atoms with Gasteiger partial charge < -0.3 is 14.2 Å². The largest absolute Gasteiger partial charge is 0.494 e. The van der Waals surface area contributed by atoms with Crippen molar-refractivity contribution in [2.75, 3.05) is 18.6 Å². The Kier molecular flexibility index (Phi) is 7.88. The molecule has 0 unspecified atom stereocenters. The maximum atomic E-state index is 13.1. The summed E-state index contributed by atoms with van der Waals surface area (Å²) in [4.78, 5) is 35.9. The monoisotopic (exact) mass is 553 g/mol. The van der Waals surface area contributed by atoms with Crippen molar-refractivity contribution in [1.29, 1.82) is 0 Å². The second-order valence-corrected chi connectivity index (χ2v) is 9.30. The Morgan fingerprint density at radius 3 is 2.32 bits per heavy atom. The van der Waals surface area contributed by atoms with Crippen LogP contribution in [-0.4, -0.2) is 33.8 Å². The molecule has 0 spiro atoms. The van der Waals surface area contributed by atoms with E-state index in [-0.39, 0.29) is 23.2 Å². The van der Waals surface area contributed by atoms with Gasteiger partial charge in [0.05, 0.1) is 40.2 Å². The van der Waals surface area contributed by atoms with Gasteiger partial charge in [-0.15, -0.1) is 0 Å². The zero-order chi connectivity index (χ0) is 27.4. The number of benzene rings is 3. The van der Waals surface area contributed by atoms with Crippen LogP contribution in [-0.2, 0) is 4.79 Å². The molecule has 0 N–H and O–H groups in total. The number of amides is 1. The molecule has 0 radical (unpaired) electrons. The van der Waals surface area contributed by atoms with Gasteiger partial charge in [-0.05, 0) is 61.0 Å². The molecule has 0 bridgehead atoms. The lowest BCUT2D eigenvalue weighted by atomic mass is 10.1. The van der Waals surface area contributed by atoms with Gasteiger partial charge >= 0.3 is 5.69 Å². The molecule has 1 heterocycles. The molecule has 38 heavy (non-hydrogen) atoms. The van der Waals surface area contributed by atoms with E-state index < -0.39 is 21.2 Å². The summed E-state index contributed by atoms with van der Waals surface area (Å²) in [7, 11) is 1.39. The van der Waals surface area contributed by atoms with Gasteiger partial charge in [0.1, 0.15) is 5.75 Å². The highest BCUT2D eigenvalue weighted by atomic mass is 32.2. The minimum Gasteiger partial charge on any atom is -0.494 e. The lowest BCUT2D eigenvalue weighted by Crippen LogP contribution is -2.27. The Bertz CT molecular complexity index is 1470. The lowest BCUT2D eigenvalue weighted by molar-refractivity contribution is -0.394. The first kappa shape index (κ1) is 26.6. The van der Waals surface area contributed by atoms with Crippen molar-refractivity contribution in [1.82, 2.24) is 0 Å². The highest BCUT2D eigenvalue weighted by molar-refractivity contribution is 8.27. The van der Waals surface area contributed by atoms with Gasteiger partial charge in [0, 0.05) is 6.07 Å². The second kappa shape index (κ2) is 11.3. The van der Waals surface area contributed by atoms with Crippen LogP contribution in [0.15, 0.2) is 65.6 Å². The predicted octanol–water partition coefficient (Wildman–Crippen LogP) is 6.11. The van der Waals surface area contributed by atoms with Crippen molar-refractivity contribution in [2.24, 2.45) is 0 Å². The van der Waals surface area contributed by atoms with Crippen LogP contribution in [0.1, 0.15) is 12.5 Å². The van der Waals surface area contributed by atoms with Crippen molar-refractivity contribution in [3.8, 4) is 23.0 Å². The van der Waals surface area contributed by atoms with E-state index in [1.165, 1.54) is 18.1 Å². The van der Waals surface area contributed by atoms with Crippen molar-refractivity contribution < 1.29 is 28.9 Å². The Labute approximate surface area is 225 Å². The number of carbonyl (C=O) groups excluding carboxylic acids is 1. The first-order chi connectivity index (χ1) is 18.2. The fourth-order valence-corrected chi connectivity index (χ4v) is 4.82. The third-order valence-electron chi connectivity index (χ3n) is 5.26. The van der Waals surface area contributed by atoms with Crippen LogP contribution in [0.2, 0.25) is 0 Å². The molecular formula is C25H19N3O8S2. The van der Waals surface area contributed by atoms with Gasteiger partial charge in [-0.1, -0.05) is 30.0 Å². The third kappa shape index (κ3) is 5.58. The SMILES string of the molecule is CCOc1ccc(N2C(=O)/C(=C\c3ccc(Oc4ccc([N+](=O)[O-])cc4[N+](=O)[O-])c(OC)c3)SC2=S)cc1. The van der Waals surface area contributed by atoms with Gasteiger partial charge in [0.15, 0.2) is 15.8 Å². The van der Waals surface area contributed by atoms with E-state index in [1.54, 1.807) is 42.5 Å². The van der Waals surface area contributed by atoms with E-state index in [0.717, 1.165) is 30.0 Å². The molecule has 3 aromatic rings. The number of rotatable bonds is 9. The van der Waals surface area contributed by atoms with Crippen molar-refractivity contribution >= 4 is 57.3 Å². The molecule has 1 aliphatic rings. The summed E-state index contributed by atoms with van der Waals surface area (Å²) in [5.74, 6) is 0.579. The molecule has 3 aromatic carbocycles. The number of nitro groups is 2. The molecule has 13 heteroatoms. The molecule has 194 valence electrons. The molecule has 0 saturated carbocycles. The minimum atomic E-state index is -0.768. The maximum Gasteiger partial charge on any atom is 0.318 e. The number of methoxy groups -OCH3 is 1. The molecule has 1 fully saturated rings. The summed E-state index contributed by atoms with van der Waals surface area (Å²) in [5, 5.41) is 22.4. The normalized spacial score (nSPS) is 14.1. The molecule has 0 aromatic heterocycles. The molecule has 1 amide bonds. The van der Waals surface area contributed by atoms with E-state index in [9.17, 15) is 25.0 Å². The zero-order valence-electron chi connectivity index (χ0n) is 20.0. The van der Waals surface area contributed by atoms with Crippen LogP contribution < -0.4 is 19.1 Å². The van der Waals surface area contributed by atoms with Crippen molar-refractivity contribution in [2.45, 2.75) is 6.92 Å². The molecule has 0 aliphatic carbocycles. The van der Waals surface area contributed by atoms with Gasteiger partial charge in [-0.25, -0.2) is 0 Å². The Hall–Kier alpha value is -4.49. The van der Waals surface area contributed by atoms with Crippen LogP contribution >= 0.6 is 24.0 Å². The van der Waals surface area contributed by atoms with Crippen LogP contribution in [0.3, 0.4) is 0 Å². The molecular weight excluding hydrogens is 534 g/mol. The highest BCUT2D eigenvalue weighted by Crippen LogP contribution is 2.40. The fraction of sp³-hybridized carbons (Fsp3) is 0.120. The van der Waals surface area contributed by atoms with E-state index in [1.807, 2.05) is 6.92 Å². The average molecular weight is 554 g/mol. The van der Waals surface area contributed by atoms with Crippen LogP contribution in [0.5, 0.6) is 23.0 Å². The third-order valence-corrected chi connectivity index (χ3v) is 6.56. The van der Waals surface area contributed by atoms with Crippen LogP contribution in [0.25, 0.3) is 6.08 Å². The number of hydrogen-bond donors (Lipinski definition) is 0. The number of nitro benzene ring substituents is 2. The summed E-state index contributed by atoms with van der Waals surface area (Å²) in [6, 6.07) is 14.9. The van der Waals surface area contributed by atoms with Crippen LogP contribution in [0.4, 0.5) is 17.1 Å². The Morgan fingerprint density at radius 2 is 1.68 bits per heavy atom. The van der Waals surface area contributed by atoms with Gasteiger partial charge in [0.2, 0.25) is 5.75 Å². The topological polar surface area (TPSA) is 134 Å². The Morgan fingerprint density at radius 1 is 0.974 bits per heavy atom. The number of carbonyl (C=O) groups is 1. The quantitative estimate of drug-likeness (QED) is 0.132. The van der Waals surface area contributed by atoms with Crippen LogP contribution in [0, 0.1) is 20.2 Å². The molecule has 1 aliphatic heterocycles. The van der Waals surface area contributed by atoms with Gasteiger partial charge in [0.25, 0.3) is 11.6 Å². The van der Waals surface area contributed by atoms with Gasteiger partial charge in [-0.3, -0.25) is 29.9 Å². The zero-order valence-corrected chi connectivity index (χ0v) is 21.6. The molecule has 11 nitrogen and oxygen atoms in total. The number of nitrogens with zero attached hydrogens (tertiary/aromatic N) is 3. The van der Waals surface area contributed by atoms with Crippen molar-refractivity contribution in [3.05, 3.63) is 91.4 Å². The van der Waals surface area contributed by atoms with E-state index in [2.05, 4.69) is 0 Å². The lowest BCUT2D eigenvalue weighted by Gasteiger charge is -2.15. The first-order valence-electron chi connectivity index (χ1n) is 11.0. The number of thioether (sulfide) groups is 1. The summed E-state index contributed by atoms with van der Waals surface area (Å²) < 4.78 is 16.9. The number of ether oxygens (including phenoxy) is 3. The predicted molar refractivity (Wildman–Crippen MR) is 146 cm³/mol. The first-order valence-corrected chi connectivity index (χ1v) is 12.2. The van der Waals surface area contributed by atoms with E-state index in [0.29, 0.717) is 32.8 Å². The van der Waals surface area contributed by atoms with Gasteiger partial charge in [-0.2, -0.15) is 0 Å². The van der Waals surface area contributed by atoms with E-state index >= 15 is 0 Å². The number of non-ortho nitro benzene ring substituents is 1. The maximum absolute atomic E-state index is 13.1. The average Bonchev–Trinajstić information content (AvgIpc) is 3.17. The Balaban J connectivity index is 1.58. The standard InChI is InChI=1S/C25H19N3O8S2/c1-3-35-18-8-5-16(6-9-18)26-24(29)23(38-25(26)37)13-15-4-10-21(22(12-15)34-2)36-20-11-7-17(27(30)31)14-19(20)28(32)33/h4-14H,3H2,1-2H3/b23-13+. The minimum absolute atomic E-state index is 0.142. The smallest absolute Gasteiger partial charge is 0.318 e. The fourth-order valence-electron chi connectivity index (χ4n) is 3.52. The summed E-state index contributed by atoms with van der Waals surface area (Å²) in [6.07, 6.45) is 1.65. The summed E-state index contributed by atoms with van der Waals surface area (Å²) in [5.41, 5.74) is 0.210. The molecule has 0 atom stereocenters. The molecule has 1 saturated heterocycles. The van der Waals surface area contributed by atoms with E-state index in [4.69, 9.17) is 26.4 Å².